The highest BCUT2D eigenvalue weighted by Crippen LogP contribution is 2.12. The van der Waals surface area contributed by atoms with Gasteiger partial charge in [0.15, 0.2) is 5.03 Å². The van der Waals surface area contributed by atoms with E-state index in [2.05, 4.69) is 25.6 Å². The van der Waals surface area contributed by atoms with E-state index >= 15 is 0 Å². The summed E-state index contributed by atoms with van der Waals surface area (Å²) in [4.78, 5) is 4.01. The van der Waals surface area contributed by atoms with E-state index in [1.54, 1.807) is 18.5 Å². The quantitative estimate of drug-likeness (QED) is 0.922. The van der Waals surface area contributed by atoms with Gasteiger partial charge in [0.1, 0.15) is 5.82 Å². The first-order valence-corrected chi connectivity index (χ1v) is 7.90. The van der Waals surface area contributed by atoms with Crippen molar-refractivity contribution in [2.24, 2.45) is 7.05 Å². The van der Waals surface area contributed by atoms with E-state index in [0.29, 0.717) is 5.82 Å². The molecule has 1 N–H and O–H groups in total. The zero-order chi connectivity index (χ0) is 14.0. The molecule has 7 heteroatoms. The first-order chi connectivity index (χ1) is 8.88. The second-order valence-electron chi connectivity index (χ2n) is 4.19. The van der Waals surface area contributed by atoms with E-state index in [1.165, 1.54) is 6.20 Å². The lowest BCUT2D eigenvalue weighted by Crippen LogP contribution is -2.23. The Bertz CT molecular complexity index is 658. The Labute approximate surface area is 120 Å². The summed E-state index contributed by atoms with van der Waals surface area (Å²) in [5, 5.41) is 0.0459. The molecule has 2 aromatic rings. The number of nitrogens with zero attached hydrogens (tertiary/aromatic N) is 2. The van der Waals surface area contributed by atoms with Gasteiger partial charge in [-0.15, -0.1) is 0 Å². The Morgan fingerprint density at radius 2 is 1.95 bits per heavy atom. The third kappa shape index (κ3) is 3.43. The van der Waals surface area contributed by atoms with Crippen LogP contribution in [0.4, 0.5) is 0 Å². The minimum absolute atomic E-state index is 0.0459. The summed E-state index contributed by atoms with van der Waals surface area (Å²) in [7, 11) is -1.80. The van der Waals surface area contributed by atoms with Crippen LogP contribution in [-0.2, 0) is 23.6 Å². The first-order valence-electron chi connectivity index (χ1n) is 5.62. The van der Waals surface area contributed by atoms with Crippen LogP contribution in [-0.4, -0.2) is 18.0 Å². The number of benzene rings is 1. The molecule has 0 saturated carbocycles. The van der Waals surface area contributed by atoms with Gasteiger partial charge in [-0.25, -0.2) is 18.1 Å². The molecular formula is C12H14BrN3O2S. The molecule has 0 aliphatic heterocycles. The van der Waals surface area contributed by atoms with E-state index in [-0.39, 0.29) is 11.6 Å². The zero-order valence-corrected chi connectivity index (χ0v) is 13.0. The Morgan fingerprint density at radius 1 is 1.32 bits per heavy atom. The molecule has 2 rings (SSSR count). The van der Waals surface area contributed by atoms with E-state index in [0.717, 1.165) is 10.0 Å². The lowest BCUT2D eigenvalue weighted by atomic mass is 10.2. The molecule has 19 heavy (non-hydrogen) atoms. The van der Waals surface area contributed by atoms with Crippen molar-refractivity contribution in [3.8, 4) is 0 Å². The zero-order valence-electron chi connectivity index (χ0n) is 10.6. The van der Waals surface area contributed by atoms with Crippen LogP contribution in [0.25, 0.3) is 0 Å². The van der Waals surface area contributed by atoms with Gasteiger partial charge in [-0.1, -0.05) is 28.1 Å². The minimum atomic E-state index is -3.56. The van der Waals surface area contributed by atoms with Gasteiger partial charge in [0.2, 0.25) is 0 Å². The molecule has 0 spiro atoms. The topological polar surface area (TPSA) is 64.0 Å². The van der Waals surface area contributed by atoms with Gasteiger partial charge in [0.05, 0.1) is 0 Å². The second kappa shape index (κ2) is 5.44. The largest absolute Gasteiger partial charge is 0.337 e. The number of halogens is 1. The number of aromatic nitrogens is 2. The van der Waals surface area contributed by atoms with Gasteiger partial charge in [-0.2, -0.15) is 0 Å². The fraction of sp³-hybridized carbons (Fsp3) is 0.250. The van der Waals surface area contributed by atoms with E-state index < -0.39 is 10.0 Å². The van der Waals surface area contributed by atoms with Crippen molar-refractivity contribution in [1.29, 1.82) is 0 Å². The van der Waals surface area contributed by atoms with Gasteiger partial charge in [-0.05, 0) is 24.6 Å². The number of aryl methyl sites for hydroxylation is 2. The summed E-state index contributed by atoms with van der Waals surface area (Å²) in [6, 6.07) is 7.45. The molecule has 0 fully saturated rings. The Morgan fingerprint density at radius 3 is 2.47 bits per heavy atom. The van der Waals surface area contributed by atoms with Crippen LogP contribution in [0.3, 0.4) is 0 Å². The van der Waals surface area contributed by atoms with Crippen molar-refractivity contribution in [3.63, 3.8) is 0 Å². The van der Waals surface area contributed by atoms with Crippen LogP contribution in [0.15, 0.2) is 40.0 Å². The van der Waals surface area contributed by atoms with Crippen LogP contribution in [0.1, 0.15) is 11.4 Å². The average Bonchev–Trinajstić information content (AvgIpc) is 2.70. The molecule has 102 valence electrons. The molecule has 0 unspecified atom stereocenters. The van der Waals surface area contributed by atoms with Crippen molar-refractivity contribution >= 4 is 26.0 Å². The van der Waals surface area contributed by atoms with Crippen molar-refractivity contribution in [1.82, 2.24) is 14.3 Å². The summed E-state index contributed by atoms with van der Waals surface area (Å²) in [6.45, 7) is 2.00. The molecule has 0 aliphatic carbocycles. The summed E-state index contributed by atoms with van der Waals surface area (Å²) in [5.41, 5.74) is 0.888. The molecule has 1 aromatic carbocycles. The predicted octanol–water partition coefficient (Wildman–Crippen LogP) is 1.97. The van der Waals surface area contributed by atoms with Crippen LogP contribution in [0.2, 0.25) is 0 Å². The molecule has 1 aromatic heterocycles. The smallest absolute Gasteiger partial charge is 0.259 e. The van der Waals surface area contributed by atoms with Gasteiger partial charge >= 0.3 is 0 Å². The SMILES string of the molecule is Cc1nc(S(=O)(=O)NCc2ccc(Br)cc2)cn1C. The van der Waals surface area contributed by atoms with E-state index in [4.69, 9.17) is 0 Å². The third-order valence-electron chi connectivity index (χ3n) is 2.74. The average molecular weight is 344 g/mol. The number of rotatable bonds is 4. The highest BCUT2D eigenvalue weighted by Gasteiger charge is 2.17. The highest BCUT2D eigenvalue weighted by atomic mass is 79.9. The molecule has 0 bridgehead atoms. The Kier molecular flexibility index (Phi) is 4.07. The third-order valence-corrected chi connectivity index (χ3v) is 4.54. The lowest BCUT2D eigenvalue weighted by molar-refractivity contribution is 0.578. The standard InChI is InChI=1S/C12H14BrN3O2S/c1-9-15-12(8-16(9)2)19(17,18)14-7-10-3-5-11(13)6-4-10/h3-6,8,14H,7H2,1-2H3. The van der Waals surface area contributed by atoms with Crippen molar-refractivity contribution < 1.29 is 8.42 Å². The number of imidazole rings is 1. The molecule has 1 heterocycles. The van der Waals surface area contributed by atoms with Crippen LogP contribution in [0.5, 0.6) is 0 Å². The minimum Gasteiger partial charge on any atom is -0.337 e. The summed E-state index contributed by atoms with van der Waals surface area (Å²) >= 11 is 3.33. The number of hydrogen-bond donors (Lipinski definition) is 1. The van der Waals surface area contributed by atoms with Crippen molar-refractivity contribution in [3.05, 3.63) is 46.3 Å². The number of nitrogens with one attached hydrogen (secondary N) is 1. The second-order valence-corrected chi connectivity index (χ2v) is 6.82. The normalized spacial score (nSPS) is 11.7. The molecule has 0 saturated heterocycles. The van der Waals surface area contributed by atoms with Gasteiger partial charge in [0.25, 0.3) is 10.0 Å². The first kappa shape index (κ1) is 14.2. The van der Waals surface area contributed by atoms with Gasteiger partial charge in [-0.3, -0.25) is 0 Å². The fourth-order valence-corrected chi connectivity index (χ4v) is 2.83. The van der Waals surface area contributed by atoms with Crippen LogP contribution >= 0.6 is 15.9 Å². The van der Waals surface area contributed by atoms with Gasteiger partial charge < -0.3 is 4.57 Å². The molecule has 0 radical (unpaired) electrons. The summed E-state index contributed by atoms with van der Waals surface area (Å²) in [5.74, 6) is 0.656. The van der Waals surface area contributed by atoms with Crippen LogP contribution < -0.4 is 4.72 Å². The van der Waals surface area contributed by atoms with Crippen LogP contribution in [0, 0.1) is 6.92 Å². The number of hydrogen-bond acceptors (Lipinski definition) is 3. The lowest BCUT2D eigenvalue weighted by Gasteiger charge is -2.04. The summed E-state index contributed by atoms with van der Waals surface area (Å²) < 4.78 is 29.2. The molecular weight excluding hydrogens is 330 g/mol. The number of sulfonamides is 1. The van der Waals surface area contributed by atoms with E-state index in [9.17, 15) is 8.42 Å². The Balaban J connectivity index is 2.11. The maximum atomic E-state index is 12.0. The monoisotopic (exact) mass is 343 g/mol. The fourth-order valence-electron chi connectivity index (χ4n) is 1.51. The highest BCUT2D eigenvalue weighted by molar-refractivity contribution is 9.10. The maximum absolute atomic E-state index is 12.0. The molecule has 5 nitrogen and oxygen atoms in total. The van der Waals surface area contributed by atoms with Gasteiger partial charge in [0, 0.05) is 24.3 Å². The summed E-state index contributed by atoms with van der Waals surface area (Å²) in [6.07, 6.45) is 1.50. The molecule has 0 amide bonds. The molecule has 0 atom stereocenters. The predicted molar refractivity (Wildman–Crippen MR) is 76.1 cm³/mol. The molecule has 0 aliphatic rings. The van der Waals surface area contributed by atoms with Crippen molar-refractivity contribution in [2.45, 2.75) is 18.5 Å². The Hall–Kier alpha value is -1.18. The van der Waals surface area contributed by atoms with Crippen molar-refractivity contribution in [2.75, 3.05) is 0 Å². The maximum Gasteiger partial charge on any atom is 0.259 e. The van der Waals surface area contributed by atoms with E-state index in [1.807, 2.05) is 24.3 Å².